The molecule has 18 heavy (non-hydrogen) atoms. The molecule has 0 aromatic heterocycles. The van der Waals surface area contributed by atoms with Crippen LogP contribution < -0.4 is 5.32 Å². The maximum Gasteiger partial charge on any atom is 0.00875 e. The first kappa shape index (κ1) is 16.0. The van der Waals surface area contributed by atoms with E-state index in [1.54, 1.807) is 0 Å². The van der Waals surface area contributed by atoms with Crippen molar-refractivity contribution in [3.8, 4) is 0 Å². The van der Waals surface area contributed by atoms with E-state index in [0.717, 1.165) is 17.8 Å². The average Bonchev–Trinajstić information content (AvgIpc) is 2.29. The van der Waals surface area contributed by atoms with Gasteiger partial charge in [-0.1, -0.05) is 41.5 Å². The Morgan fingerprint density at radius 2 is 1.61 bits per heavy atom. The summed E-state index contributed by atoms with van der Waals surface area (Å²) in [6, 6.07) is 0.713. The quantitative estimate of drug-likeness (QED) is 0.737. The highest BCUT2D eigenvalue weighted by Crippen LogP contribution is 2.39. The van der Waals surface area contributed by atoms with Gasteiger partial charge < -0.3 is 5.32 Å². The van der Waals surface area contributed by atoms with Gasteiger partial charge in [-0.2, -0.15) is 0 Å². The molecule has 0 spiro atoms. The Labute approximate surface area is 115 Å². The minimum Gasteiger partial charge on any atom is -0.313 e. The van der Waals surface area contributed by atoms with Crippen molar-refractivity contribution in [3.63, 3.8) is 0 Å². The second-order valence-corrected chi connectivity index (χ2v) is 7.75. The summed E-state index contributed by atoms with van der Waals surface area (Å²) in [5, 5.41) is 3.79. The molecule has 0 aliphatic heterocycles. The van der Waals surface area contributed by atoms with Crippen LogP contribution in [0.4, 0.5) is 0 Å². The molecule has 0 saturated heterocycles. The molecule has 1 nitrogen and oxygen atoms in total. The van der Waals surface area contributed by atoms with E-state index in [0.29, 0.717) is 11.5 Å². The molecule has 0 heterocycles. The van der Waals surface area contributed by atoms with E-state index in [1.807, 2.05) is 0 Å². The first-order chi connectivity index (χ1) is 8.34. The molecule has 0 bridgehead atoms. The van der Waals surface area contributed by atoms with Crippen molar-refractivity contribution in [2.75, 3.05) is 6.54 Å². The van der Waals surface area contributed by atoms with Gasteiger partial charge in [0, 0.05) is 6.04 Å². The second kappa shape index (κ2) is 6.93. The molecule has 108 valence electrons. The third-order valence-corrected chi connectivity index (χ3v) is 4.98. The van der Waals surface area contributed by atoms with Crippen LogP contribution in [0.2, 0.25) is 0 Å². The lowest BCUT2D eigenvalue weighted by atomic mass is 9.70. The number of nitrogens with one attached hydrogen (secondary N) is 1. The van der Waals surface area contributed by atoms with E-state index in [9.17, 15) is 0 Å². The van der Waals surface area contributed by atoms with Gasteiger partial charge in [0.1, 0.15) is 0 Å². The maximum atomic E-state index is 3.79. The van der Waals surface area contributed by atoms with Gasteiger partial charge in [0.2, 0.25) is 0 Å². The second-order valence-electron chi connectivity index (χ2n) is 7.75. The Balaban J connectivity index is 2.27. The summed E-state index contributed by atoms with van der Waals surface area (Å²) in [7, 11) is 0. The van der Waals surface area contributed by atoms with Crippen molar-refractivity contribution in [2.45, 2.75) is 79.7 Å². The summed E-state index contributed by atoms with van der Waals surface area (Å²) in [6.07, 6.45) is 7.00. The molecular formula is C17H35N. The van der Waals surface area contributed by atoms with E-state index in [4.69, 9.17) is 0 Å². The molecule has 1 heteroatoms. The molecule has 1 atom stereocenters. The summed E-state index contributed by atoms with van der Waals surface area (Å²) in [5.74, 6) is 2.64. The number of hydrogen-bond donors (Lipinski definition) is 1. The first-order valence-corrected chi connectivity index (χ1v) is 8.08. The zero-order chi connectivity index (χ0) is 13.8. The number of hydrogen-bond acceptors (Lipinski definition) is 1. The van der Waals surface area contributed by atoms with Gasteiger partial charge in [0.05, 0.1) is 0 Å². The van der Waals surface area contributed by atoms with E-state index in [1.165, 1.54) is 38.6 Å². The summed E-state index contributed by atoms with van der Waals surface area (Å²) < 4.78 is 0. The Kier molecular flexibility index (Phi) is 6.17. The Bertz CT molecular complexity index is 218. The van der Waals surface area contributed by atoms with Crippen LogP contribution in [0, 0.1) is 23.2 Å². The van der Waals surface area contributed by atoms with Gasteiger partial charge in [-0.05, 0) is 61.8 Å². The Morgan fingerprint density at radius 1 is 1.06 bits per heavy atom. The molecule has 0 aromatic carbocycles. The smallest absolute Gasteiger partial charge is 0.00875 e. The summed E-state index contributed by atoms with van der Waals surface area (Å²) in [4.78, 5) is 0. The largest absolute Gasteiger partial charge is 0.313 e. The van der Waals surface area contributed by atoms with Crippen LogP contribution in [0.25, 0.3) is 0 Å². The van der Waals surface area contributed by atoms with Crippen LogP contribution in [-0.2, 0) is 0 Å². The third kappa shape index (κ3) is 4.91. The lowest BCUT2D eigenvalue weighted by Crippen LogP contribution is -2.38. The van der Waals surface area contributed by atoms with Crippen molar-refractivity contribution >= 4 is 0 Å². The van der Waals surface area contributed by atoms with Crippen LogP contribution in [-0.4, -0.2) is 12.6 Å². The zero-order valence-electron chi connectivity index (χ0n) is 13.6. The topological polar surface area (TPSA) is 12.0 Å². The summed E-state index contributed by atoms with van der Waals surface area (Å²) >= 11 is 0. The van der Waals surface area contributed by atoms with Crippen LogP contribution in [0.3, 0.4) is 0 Å². The van der Waals surface area contributed by atoms with Gasteiger partial charge >= 0.3 is 0 Å². The van der Waals surface area contributed by atoms with Crippen molar-refractivity contribution in [1.29, 1.82) is 0 Å². The normalized spacial score (nSPS) is 27.5. The molecule has 1 N–H and O–H groups in total. The minimum absolute atomic E-state index is 0.516. The molecule has 0 radical (unpaired) electrons. The molecule has 1 aliphatic carbocycles. The van der Waals surface area contributed by atoms with Crippen molar-refractivity contribution < 1.29 is 0 Å². The first-order valence-electron chi connectivity index (χ1n) is 8.08. The standard InChI is InChI=1S/C17H35N/c1-7-16(13(2)3)18-12-14-8-10-15(11-9-14)17(4,5)6/h13-16,18H,7-12H2,1-6H3. The Morgan fingerprint density at radius 3 is 2.00 bits per heavy atom. The van der Waals surface area contributed by atoms with Crippen LogP contribution in [0.5, 0.6) is 0 Å². The monoisotopic (exact) mass is 253 g/mol. The van der Waals surface area contributed by atoms with E-state index >= 15 is 0 Å². The van der Waals surface area contributed by atoms with E-state index < -0.39 is 0 Å². The fraction of sp³-hybridized carbons (Fsp3) is 1.00. The van der Waals surface area contributed by atoms with Crippen LogP contribution >= 0.6 is 0 Å². The maximum absolute atomic E-state index is 3.79. The summed E-state index contributed by atoms with van der Waals surface area (Å²) in [5.41, 5.74) is 0.516. The fourth-order valence-electron chi connectivity index (χ4n) is 3.40. The third-order valence-electron chi connectivity index (χ3n) is 4.98. The van der Waals surface area contributed by atoms with Crippen molar-refractivity contribution in [2.24, 2.45) is 23.2 Å². The molecule has 0 aromatic rings. The van der Waals surface area contributed by atoms with Gasteiger partial charge in [0.25, 0.3) is 0 Å². The predicted molar refractivity (Wildman–Crippen MR) is 81.8 cm³/mol. The Hall–Kier alpha value is -0.0400. The lowest BCUT2D eigenvalue weighted by Gasteiger charge is -2.37. The minimum atomic E-state index is 0.516. The highest BCUT2D eigenvalue weighted by Gasteiger charge is 2.29. The lowest BCUT2D eigenvalue weighted by molar-refractivity contribution is 0.146. The molecule has 1 rings (SSSR count). The summed E-state index contributed by atoms with van der Waals surface area (Å²) in [6.45, 7) is 15.4. The molecule has 0 amide bonds. The van der Waals surface area contributed by atoms with Crippen molar-refractivity contribution in [3.05, 3.63) is 0 Å². The molecule has 1 saturated carbocycles. The highest BCUT2D eigenvalue weighted by atomic mass is 14.9. The van der Waals surface area contributed by atoms with Gasteiger partial charge in [-0.15, -0.1) is 0 Å². The molecule has 1 aliphatic rings. The van der Waals surface area contributed by atoms with Gasteiger partial charge in [-0.25, -0.2) is 0 Å². The zero-order valence-corrected chi connectivity index (χ0v) is 13.6. The van der Waals surface area contributed by atoms with E-state index in [2.05, 4.69) is 46.9 Å². The fourth-order valence-corrected chi connectivity index (χ4v) is 3.40. The van der Waals surface area contributed by atoms with Crippen LogP contribution in [0.15, 0.2) is 0 Å². The van der Waals surface area contributed by atoms with E-state index in [-0.39, 0.29) is 0 Å². The highest BCUT2D eigenvalue weighted by molar-refractivity contribution is 4.82. The number of rotatable bonds is 5. The van der Waals surface area contributed by atoms with Crippen molar-refractivity contribution in [1.82, 2.24) is 5.32 Å². The van der Waals surface area contributed by atoms with Gasteiger partial charge in [-0.3, -0.25) is 0 Å². The van der Waals surface area contributed by atoms with Crippen LogP contribution in [0.1, 0.15) is 73.6 Å². The van der Waals surface area contributed by atoms with Gasteiger partial charge in [0.15, 0.2) is 0 Å². The predicted octanol–water partition coefficient (Wildman–Crippen LogP) is 4.86. The molecule has 1 unspecified atom stereocenters. The SMILES string of the molecule is CCC(NCC1CCC(C(C)(C)C)CC1)C(C)C. The average molecular weight is 253 g/mol. The molecular weight excluding hydrogens is 218 g/mol. The molecule has 1 fully saturated rings.